The first-order valence-corrected chi connectivity index (χ1v) is 13.8. The zero-order valence-corrected chi connectivity index (χ0v) is 27.6. The van der Waals surface area contributed by atoms with Crippen LogP contribution in [0.2, 0.25) is 0 Å². The number of benzene rings is 2. The predicted molar refractivity (Wildman–Crippen MR) is 170 cm³/mol. The third kappa shape index (κ3) is 6.79. The molecule has 0 atom stereocenters. The van der Waals surface area contributed by atoms with Gasteiger partial charge in [-0.15, -0.1) is 20.5 Å². The molecule has 0 spiro atoms. The SMILES string of the molecule is COc1ccc(N=Nc2c(ON(C)Oc3c(N=Nc4ccc(OC)cc4OC)c(=O)n(C)c(=O)n3C)n(C)c(=O)n(C)c2=O)c(OC)c1. The van der Waals surface area contributed by atoms with Crippen molar-refractivity contribution in [2.45, 2.75) is 0 Å². The Bertz CT molecular complexity index is 2000. The number of hydrogen-bond acceptors (Lipinski definition) is 15. The van der Waals surface area contributed by atoms with Crippen LogP contribution in [0, 0.1) is 0 Å². The van der Waals surface area contributed by atoms with Crippen molar-refractivity contribution in [3.05, 3.63) is 78.1 Å². The molecule has 0 bridgehead atoms. The van der Waals surface area contributed by atoms with Crippen LogP contribution in [-0.2, 0) is 28.2 Å². The average molecular weight is 668 g/mol. The summed E-state index contributed by atoms with van der Waals surface area (Å²) in [6.07, 6.45) is 0. The number of methoxy groups -OCH3 is 4. The number of azo groups is 2. The van der Waals surface area contributed by atoms with Crippen LogP contribution in [0.15, 0.2) is 76.0 Å². The number of rotatable bonds is 12. The normalized spacial score (nSPS) is 11.4. The molecule has 0 fully saturated rings. The molecule has 2 heterocycles. The number of aromatic nitrogens is 4. The quantitative estimate of drug-likeness (QED) is 0.159. The lowest BCUT2D eigenvalue weighted by Crippen LogP contribution is -2.41. The van der Waals surface area contributed by atoms with Gasteiger partial charge in [0.25, 0.3) is 22.9 Å². The Hall–Kier alpha value is -6.24. The van der Waals surface area contributed by atoms with E-state index in [0.29, 0.717) is 28.2 Å². The largest absolute Gasteiger partial charge is 0.497 e. The number of hydrogen-bond donors (Lipinski definition) is 0. The van der Waals surface area contributed by atoms with Crippen LogP contribution in [0.4, 0.5) is 22.7 Å². The Kier molecular flexibility index (Phi) is 10.4. The first kappa shape index (κ1) is 34.6. The average Bonchev–Trinajstić information content (AvgIpc) is 3.10. The molecule has 0 N–H and O–H groups in total. The molecule has 0 aliphatic rings. The van der Waals surface area contributed by atoms with Crippen LogP contribution in [0.25, 0.3) is 0 Å². The maximum atomic E-state index is 13.2. The van der Waals surface area contributed by atoms with Gasteiger partial charge in [-0.05, 0) is 24.3 Å². The molecular formula is C29H33N9O10. The van der Waals surface area contributed by atoms with Gasteiger partial charge in [-0.2, -0.15) is 0 Å². The fourth-order valence-corrected chi connectivity index (χ4v) is 4.20. The van der Waals surface area contributed by atoms with Crippen LogP contribution in [-0.4, -0.2) is 59.0 Å². The molecule has 0 aliphatic heterocycles. The van der Waals surface area contributed by atoms with Gasteiger partial charge in [-0.1, -0.05) is 0 Å². The minimum absolute atomic E-state index is 0.239. The summed E-state index contributed by atoms with van der Waals surface area (Å²) in [5.74, 6) is 0.813. The Morgan fingerprint density at radius 3 is 1.25 bits per heavy atom. The van der Waals surface area contributed by atoms with Crippen molar-refractivity contribution in [2.75, 3.05) is 35.5 Å². The summed E-state index contributed by atoms with van der Waals surface area (Å²) < 4.78 is 24.7. The van der Waals surface area contributed by atoms with E-state index in [1.165, 1.54) is 63.7 Å². The Labute approximate surface area is 271 Å². The molecular weight excluding hydrogens is 634 g/mol. The van der Waals surface area contributed by atoms with Gasteiger partial charge in [-0.25, -0.2) is 9.59 Å². The molecule has 0 amide bonds. The lowest BCUT2D eigenvalue weighted by Gasteiger charge is -2.21. The minimum atomic E-state index is -0.846. The molecule has 0 saturated carbocycles. The molecule has 2 aromatic heterocycles. The first-order valence-electron chi connectivity index (χ1n) is 13.8. The smallest absolute Gasteiger partial charge is 0.333 e. The zero-order valence-electron chi connectivity index (χ0n) is 27.6. The van der Waals surface area contributed by atoms with E-state index in [9.17, 15) is 19.2 Å². The van der Waals surface area contributed by atoms with Crippen LogP contribution in [0.1, 0.15) is 0 Å². The van der Waals surface area contributed by atoms with Crippen molar-refractivity contribution in [1.82, 2.24) is 23.5 Å². The van der Waals surface area contributed by atoms with Crippen LogP contribution in [0.3, 0.4) is 0 Å². The number of ether oxygens (including phenoxy) is 4. The molecule has 4 aromatic rings. The molecule has 0 aliphatic carbocycles. The summed E-state index contributed by atoms with van der Waals surface area (Å²) in [6, 6.07) is 9.47. The topological polar surface area (TPSA) is 196 Å². The van der Waals surface area contributed by atoms with Crippen molar-refractivity contribution < 1.29 is 28.6 Å². The van der Waals surface area contributed by atoms with Crippen LogP contribution in [0.5, 0.6) is 34.8 Å². The highest BCUT2D eigenvalue weighted by molar-refractivity contribution is 5.56. The molecule has 254 valence electrons. The second kappa shape index (κ2) is 14.5. The van der Waals surface area contributed by atoms with E-state index >= 15 is 0 Å². The first-order chi connectivity index (χ1) is 22.9. The highest BCUT2D eigenvalue weighted by Crippen LogP contribution is 2.35. The van der Waals surface area contributed by atoms with Gasteiger partial charge < -0.3 is 28.6 Å². The van der Waals surface area contributed by atoms with Crippen molar-refractivity contribution in [1.29, 1.82) is 0 Å². The fraction of sp³-hybridized carbons (Fsp3) is 0.310. The van der Waals surface area contributed by atoms with Crippen molar-refractivity contribution in [3.8, 4) is 34.8 Å². The van der Waals surface area contributed by atoms with Crippen molar-refractivity contribution >= 4 is 22.7 Å². The molecule has 0 unspecified atom stereocenters. The molecule has 2 aromatic carbocycles. The van der Waals surface area contributed by atoms with Gasteiger partial charge in [-0.3, -0.25) is 27.9 Å². The van der Waals surface area contributed by atoms with E-state index in [1.807, 2.05) is 0 Å². The van der Waals surface area contributed by atoms with E-state index in [-0.39, 0.29) is 23.1 Å². The highest BCUT2D eigenvalue weighted by atomic mass is 17.0. The van der Waals surface area contributed by atoms with E-state index < -0.39 is 33.9 Å². The van der Waals surface area contributed by atoms with Crippen molar-refractivity contribution in [3.63, 3.8) is 0 Å². The summed E-state index contributed by atoms with van der Waals surface area (Å²) in [5.41, 5.74) is -3.51. The summed E-state index contributed by atoms with van der Waals surface area (Å²) in [7, 11) is 12.2. The Morgan fingerprint density at radius 2 is 0.917 bits per heavy atom. The molecule has 0 radical (unpaired) electrons. The second-order valence-electron chi connectivity index (χ2n) is 9.82. The lowest BCUT2D eigenvalue weighted by atomic mass is 10.3. The van der Waals surface area contributed by atoms with E-state index in [0.717, 1.165) is 18.3 Å². The molecule has 19 heteroatoms. The van der Waals surface area contributed by atoms with Crippen LogP contribution < -0.4 is 51.1 Å². The van der Waals surface area contributed by atoms with Gasteiger partial charge in [0.05, 0.1) is 35.5 Å². The molecule has 0 saturated heterocycles. The highest BCUT2D eigenvalue weighted by Gasteiger charge is 2.24. The fourth-order valence-electron chi connectivity index (χ4n) is 4.20. The minimum Gasteiger partial charge on any atom is -0.497 e. The Morgan fingerprint density at radius 1 is 0.542 bits per heavy atom. The third-order valence-corrected chi connectivity index (χ3v) is 6.90. The summed E-state index contributed by atoms with van der Waals surface area (Å²) in [6.45, 7) is 0. The van der Waals surface area contributed by atoms with E-state index in [4.69, 9.17) is 28.6 Å². The van der Waals surface area contributed by atoms with E-state index in [2.05, 4.69) is 20.5 Å². The maximum Gasteiger partial charge on any atom is 0.333 e. The van der Waals surface area contributed by atoms with Crippen molar-refractivity contribution in [2.24, 2.45) is 48.6 Å². The van der Waals surface area contributed by atoms with Gasteiger partial charge in [0, 0.05) is 45.5 Å². The zero-order chi connectivity index (χ0) is 35.3. The monoisotopic (exact) mass is 667 g/mol. The van der Waals surface area contributed by atoms with Gasteiger partial charge >= 0.3 is 11.4 Å². The van der Waals surface area contributed by atoms with Gasteiger partial charge in [0.15, 0.2) is 0 Å². The van der Waals surface area contributed by atoms with Gasteiger partial charge in [0.2, 0.25) is 11.4 Å². The number of nitrogens with zero attached hydrogens (tertiary/aromatic N) is 9. The molecule has 4 rings (SSSR count). The summed E-state index contributed by atoms with van der Waals surface area (Å²) in [4.78, 5) is 63.6. The molecule has 48 heavy (non-hydrogen) atoms. The summed E-state index contributed by atoms with van der Waals surface area (Å²) in [5, 5.41) is 17.1. The number of hydroxylamine groups is 2. The standard InChI is InChI=1S/C29H33N9O10/c1-34-24(39)22(32-30-18-12-10-16(43-6)14-20(18)45-8)26(36(3)28(34)41)47-38(5)48-27-23(25(40)35(2)29(42)37(27)4)33-31-19-13-11-17(44-7)15-21(19)46-9/h10-15H,1-9H3. The summed E-state index contributed by atoms with van der Waals surface area (Å²) >= 11 is 0. The van der Waals surface area contributed by atoms with E-state index in [1.54, 1.807) is 36.4 Å². The lowest BCUT2D eigenvalue weighted by molar-refractivity contribution is -0.242. The van der Waals surface area contributed by atoms with Gasteiger partial charge in [0.1, 0.15) is 34.4 Å². The van der Waals surface area contributed by atoms with Crippen LogP contribution >= 0.6 is 0 Å². The Balaban J connectivity index is 1.77. The predicted octanol–water partition coefficient (Wildman–Crippen LogP) is 2.57. The molecule has 19 nitrogen and oxygen atoms in total. The second-order valence-corrected chi connectivity index (χ2v) is 9.82. The third-order valence-electron chi connectivity index (χ3n) is 6.90. The maximum absolute atomic E-state index is 13.2.